The fraction of sp³-hybridized carbons (Fsp3) is 0.125. The Morgan fingerprint density at radius 3 is 2.77 bits per heavy atom. The number of carbonyl (C=O) groups excluding carboxylic acids is 1. The number of benzene rings is 1. The van der Waals surface area contributed by atoms with Gasteiger partial charge in [-0.15, -0.1) is 0 Å². The van der Waals surface area contributed by atoms with E-state index in [4.69, 9.17) is 5.21 Å². The van der Waals surface area contributed by atoms with Gasteiger partial charge in [0.2, 0.25) is 0 Å². The van der Waals surface area contributed by atoms with Crippen LogP contribution in [-0.2, 0) is 17.8 Å². The van der Waals surface area contributed by atoms with Crippen LogP contribution in [0.15, 0.2) is 53.5 Å². The van der Waals surface area contributed by atoms with Crippen molar-refractivity contribution in [2.24, 2.45) is 0 Å². The molecule has 0 saturated carbocycles. The van der Waals surface area contributed by atoms with Crippen LogP contribution in [0.3, 0.4) is 0 Å². The average molecular weight is 302 g/mol. The molecule has 2 N–H and O–H groups in total. The molecule has 1 heterocycles. The van der Waals surface area contributed by atoms with Crippen LogP contribution in [0.2, 0.25) is 0 Å². The van der Waals surface area contributed by atoms with Gasteiger partial charge in [0.1, 0.15) is 5.82 Å². The Kier molecular flexibility index (Phi) is 5.21. The summed E-state index contributed by atoms with van der Waals surface area (Å²) in [6.07, 6.45) is 4.36. The molecule has 1 aromatic carbocycles. The molecular formula is C16H15FN2O3. The van der Waals surface area contributed by atoms with Crippen LogP contribution in [0.5, 0.6) is 0 Å². The third kappa shape index (κ3) is 3.89. The molecule has 0 unspecified atom stereocenters. The summed E-state index contributed by atoms with van der Waals surface area (Å²) in [6.45, 7) is 0.327. The van der Waals surface area contributed by atoms with Crippen molar-refractivity contribution in [3.63, 3.8) is 0 Å². The van der Waals surface area contributed by atoms with Crippen molar-refractivity contribution in [2.45, 2.75) is 13.0 Å². The van der Waals surface area contributed by atoms with Gasteiger partial charge in [0, 0.05) is 24.4 Å². The first-order valence-corrected chi connectivity index (χ1v) is 6.67. The molecular weight excluding hydrogens is 287 g/mol. The zero-order valence-corrected chi connectivity index (χ0v) is 11.7. The summed E-state index contributed by atoms with van der Waals surface area (Å²) in [5.41, 5.74) is 2.00. The van der Waals surface area contributed by atoms with Crippen molar-refractivity contribution in [3.8, 4) is 0 Å². The van der Waals surface area contributed by atoms with E-state index >= 15 is 0 Å². The molecule has 22 heavy (non-hydrogen) atoms. The summed E-state index contributed by atoms with van der Waals surface area (Å²) in [4.78, 5) is 23.1. The van der Waals surface area contributed by atoms with Gasteiger partial charge in [-0.2, -0.15) is 0 Å². The van der Waals surface area contributed by atoms with E-state index in [1.54, 1.807) is 36.5 Å². The minimum atomic E-state index is -0.721. The summed E-state index contributed by atoms with van der Waals surface area (Å²) in [7, 11) is 0. The number of nitrogens with zero attached hydrogens (tertiary/aromatic N) is 1. The lowest BCUT2D eigenvalue weighted by Gasteiger charge is -2.07. The fourth-order valence-electron chi connectivity index (χ4n) is 2.00. The molecule has 0 radical (unpaired) electrons. The lowest BCUT2D eigenvalue weighted by atomic mass is 10.1. The summed E-state index contributed by atoms with van der Waals surface area (Å²) in [5.74, 6) is -1.02. The van der Waals surface area contributed by atoms with E-state index in [1.165, 1.54) is 22.2 Å². The van der Waals surface area contributed by atoms with E-state index in [2.05, 4.69) is 0 Å². The second-order valence-corrected chi connectivity index (χ2v) is 4.61. The number of halogens is 1. The summed E-state index contributed by atoms with van der Waals surface area (Å²) in [6, 6.07) is 9.64. The van der Waals surface area contributed by atoms with Crippen molar-refractivity contribution in [1.82, 2.24) is 10.0 Å². The molecule has 2 aromatic rings. The molecule has 0 saturated heterocycles. The zero-order chi connectivity index (χ0) is 15.9. The average Bonchev–Trinajstić information content (AvgIpc) is 2.53. The van der Waals surface area contributed by atoms with Gasteiger partial charge in [-0.25, -0.2) is 9.87 Å². The largest absolute Gasteiger partial charge is 0.315 e. The van der Waals surface area contributed by atoms with Crippen LogP contribution < -0.4 is 11.0 Å². The van der Waals surface area contributed by atoms with E-state index in [1.807, 2.05) is 0 Å². The van der Waals surface area contributed by atoms with E-state index in [-0.39, 0.29) is 11.4 Å². The Morgan fingerprint density at radius 2 is 2.05 bits per heavy atom. The molecule has 1 amide bonds. The smallest absolute Gasteiger partial charge is 0.267 e. The Morgan fingerprint density at radius 1 is 1.27 bits per heavy atom. The van der Waals surface area contributed by atoms with Crippen LogP contribution in [0.25, 0.3) is 6.08 Å². The fourth-order valence-corrected chi connectivity index (χ4v) is 2.00. The number of aryl methyl sites for hydroxylation is 2. The van der Waals surface area contributed by atoms with Gasteiger partial charge in [0.05, 0.1) is 0 Å². The van der Waals surface area contributed by atoms with Crippen molar-refractivity contribution < 1.29 is 14.4 Å². The van der Waals surface area contributed by atoms with Gasteiger partial charge in [-0.3, -0.25) is 14.8 Å². The molecule has 6 heteroatoms. The second-order valence-electron chi connectivity index (χ2n) is 4.61. The molecule has 0 aliphatic heterocycles. The maximum atomic E-state index is 13.6. The van der Waals surface area contributed by atoms with Gasteiger partial charge in [-0.1, -0.05) is 18.2 Å². The van der Waals surface area contributed by atoms with Crippen LogP contribution in [-0.4, -0.2) is 15.7 Å². The number of amides is 1. The molecule has 0 atom stereocenters. The summed E-state index contributed by atoms with van der Waals surface area (Å²) in [5, 5.41) is 8.40. The Labute approximate surface area is 126 Å². The number of pyridine rings is 1. The summed E-state index contributed by atoms with van der Waals surface area (Å²) >= 11 is 0. The number of carbonyl (C=O) groups is 1. The molecule has 114 valence electrons. The SMILES string of the molecule is O=C(/C=C/c1cccn(CCc2ccccc2F)c1=O)NO. The van der Waals surface area contributed by atoms with Gasteiger partial charge in [0.15, 0.2) is 0 Å². The molecule has 0 aliphatic rings. The van der Waals surface area contributed by atoms with Crippen molar-refractivity contribution in [1.29, 1.82) is 0 Å². The van der Waals surface area contributed by atoms with E-state index in [0.29, 0.717) is 24.1 Å². The maximum Gasteiger partial charge on any atom is 0.267 e. The monoisotopic (exact) mass is 302 g/mol. The summed E-state index contributed by atoms with van der Waals surface area (Å²) < 4.78 is 15.0. The highest BCUT2D eigenvalue weighted by Crippen LogP contribution is 2.08. The first-order valence-electron chi connectivity index (χ1n) is 6.67. The standard InChI is InChI=1S/C16H15FN2O3/c17-14-6-2-1-4-12(14)9-11-19-10-3-5-13(16(19)21)7-8-15(20)18-22/h1-8,10,22H,9,11H2,(H,18,20)/b8-7+. The molecule has 0 fully saturated rings. The minimum Gasteiger partial charge on any atom is -0.315 e. The van der Waals surface area contributed by atoms with Crippen molar-refractivity contribution >= 4 is 12.0 Å². The lowest BCUT2D eigenvalue weighted by molar-refractivity contribution is -0.124. The van der Waals surface area contributed by atoms with E-state index in [9.17, 15) is 14.0 Å². The number of rotatable bonds is 5. The number of hydroxylamine groups is 1. The van der Waals surface area contributed by atoms with Gasteiger partial charge < -0.3 is 4.57 Å². The lowest BCUT2D eigenvalue weighted by Crippen LogP contribution is -2.22. The first kappa shape index (κ1) is 15.7. The second kappa shape index (κ2) is 7.33. The van der Waals surface area contributed by atoms with E-state index in [0.717, 1.165) is 6.08 Å². The molecule has 0 spiro atoms. The Balaban J connectivity index is 2.16. The topological polar surface area (TPSA) is 71.3 Å². The highest BCUT2D eigenvalue weighted by Gasteiger charge is 2.04. The molecule has 0 aliphatic carbocycles. The molecule has 2 rings (SSSR count). The van der Waals surface area contributed by atoms with E-state index < -0.39 is 5.91 Å². The third-order valence-corrected chi connectivity index (χ3v) is 3.15. The highest BCUT2D eigenvalue weighted by molar-refractivity contribution is 5.90. The Bertz CT molecular complexity index is 753. The van der Waals surface area contributed by atoms with Crippen molar-refractivity contribution in [3.05, 3.63) is 76.0 Å². The number of hydrogen-bond donors (Lipinski definition) is 2. The van der Waals surface area contributed by atoms with Gasteiger partial charge >= 0.3 is 0 Å². The first-order chi connectivity index (χ1) is 10.6. The minimum absolute atomic E-state index is 0.291. The van der Waals surface area contributed by atoms with Crippen LogP contribution in [0.4, 0.5) is 4.39 Å². The maximum absolute atomic E-state index is 13.6. The van der Waals surface area contributed by atoms with Gasteiger partial charge in [0.25, 0.3) is 11.5 Å². The normalized spacial score (nSPS) is 10.8. The van der Waals surface area contributed by atoms with Crippen molar-refractivity contribution in [2.75, 3.05) is 0 Å². The number of nitrogens with one attached hydrogen (secondary N) is 1. The quantitative estimate of drug-likeness (QED) is 0.502. The highest BCUT2D eigenvalue weighted by atomic mass is 19.1. The van der Waals surface area contributed by atoms with Gasteiger partial charge in [-0.05, 0) is 36.3 Å². The van der Waals surface area contributed by atoms with Crippen LogP contribution in [0, 0.1) is 5.82 Å². The Hall–Kier alpha value is -2.73. The van der Waals surface area contributed by atoms with Crippen LogP contribution in [0.1, 0.15) is 11.1 Å². The predicted molar refractivity (Wildman–Crippen MR) is 79.8 cm³/mol. The molecule has 5 nitrogen and oxygen atoms in total. The third-order valence-electron chi connectivity index (χ3n) is 3.15. The van der Waals surface area contributed by atoms with Crippen LogP contribution >= 0.6 is 0 Å². The zero-order valence-electron chi connectivity index (χ0n) is 11.7. The predicted octanol–water partition coefficient (Wildman–Crippen LogP) is 1.75. The number of hydrogen-bond acceptors (Lipinski definition) is 3. The molecule has 1 aromatic heterocycles. The molecule has 0 bridgehead atoms. The number of aromatic nitrogens is 1.